The Morgan fingerprint density at radius 2 is 1.63 bits per heavy atom. The van der Waals surface area contributed by atoms with Crippen molar-refractivity contribution in [2.45, 2.75) is 70.6 Å². The molecule has 2 atom stereocenters. The van der Waals surface area contributed by atoms with Crippen molar-refractivity contribution in [3.63, 3.8) is 0 Å². The topological polar surface area (TPSA) is 9.72 Å². The summed E-state index contributed by atoms with van der Waals surface area (Å²) in [5.74, 6) is 0. The lowest BCUT2D eigenvalue weighted by molar-refractivity contribution is 0.0303. The smallest absolute Gasteiger partial charge is 0.0242 e. The first kappa shape index (κ1) is 13.8. The molecule has 0 amide bonds. The first-order chi connectivity index (χ1) is 8.99. The Morgan fingerprint density at radius 1 is 0.947 bits per heavy atom. The van der Waals surface area contributed by atoms with Gasteiger partial charge in [-0.15, -0.1) is 0 Å². The predicted octanol–water partition coefficient (Wildman–Crippen LogP) is 2.03. The van der Waals surface area contributed by atoms with Crippen LogP contribution in [0.25, 0.3) is 0 Å². The quantitative estimate of drug-likeness (QED) is 0.756. The van der Waals surface area contributed by atoms with E-state index in [1.54, 1.807) is 0 Å². The van der Waals surface area contributed by atoms with Gasteiger partial charge in [-0.3, -0.25) is 14.7 Å². The minimum atomic E-state index is 0.355. The van der Waals surface area contributed by atoms with Crippen molar-refractivity contribution < 1.29 is 0 Å². The zero-order valence-corrected chi connectivity index (χ0v) is 13.2. The molecule has 3 heteroatoms. The molecule has 110 valence electrons. The fourth-order valence-corrected chi connectivity index (χ4v) is 4.48. The van der Waals surface area contributed by atoms with E-state index in [9.17, 15) is 0 Å². The Balaban J connectivity index is 1.54. The Morgan fingerprint density at radius 3 is 2.11 bits per heavy atom. The largest absolute Gasteiger partial charge is 0.298 e. The number of likely N-dealkylation sites (tertiary alicyclic amines) is 3. The van der Waals surface area contributed by atoms with E-state index in [4.69, 9.17) is 0 Å². The molecule has 0 aromatic carbocycles. The van der Waals surface area contributed by atoms with Gasteiger partial charge in [0.05, 0.1) is 0 Å². The molecule has 0 radical (unpaired) electrons. The van der Waals surface area contributed by atoms with Crippen molar-refractivity contribution in [2.24, 2.45) is 0 Å². The number of fused-ring (bicyclic) bond motifs is 2. The summed E-state index contributed by atoms with van der Waals surface area (Å²) in [4.78, 5) is 8.21. The van der Waals surface area contributed by atoms with E-state index >= 15 is 0 Å². The van der Waals surface area contributed by atoms with Crippen LogP contribution in [0.3, 0.4) is 0 Å². The highest BCUT2D eigenvalue weighted by Gasteiger charge is 2.45. The maximum absolute atomic E-state index is 2.86. The predicted molar refractivity (Wildman–Crippen MR) is 80.5 cm³/mol. The Kier molecular flexibility index (Phi) is 3.65. The monoisotopic (exact) mass is 265 g/mol. The average molecular weight is 265 g/mol. The summed E-state index contributed by atoms with van der Waals surface area (Å²) in [6, 6.07) is 2.61. The van der Waals surface area contributed by atoms with Gasteiger partial charge in [-0.05, 0) is 46.6 Å². The molecule has 2 bridgehead atoms. The highest BCUT2D eigenvalue weighted by molar-refractivity contribution is 5.02. The van der Waals surface area contributed by atoms with E-state index < -0.39 is 0 Å². The second-order valence-corrected chi connectivity index (χ2v) is 7.72. The molecule has 3 nitrogen and oxygen atoms in total. The van der Waals surface area contributed by atoms with Gasteiger partial charge in [-0.1, -0.05) is 6.92 Å². The number of piperidine rings is 1. The van der Waals surface area contributed by atoms with Crippen LogP contribution in [-0.4, -0.2) is 71.1 Å². The van der Waals surface area contributed by atoms with Gasteiger partial charge in [0.15, 0.2) is 0 Å². The number of hydrogen-bond acceptors (Lipinski definition) is 3. The Labute approximate surface area is 118 Å². The van der Waals surface area contributed by atoms with Gasteiger partial charge in [0.2, 0.25) is 0 Å². The molecular weight excluding hydrogens is 234 g/mol. The van der Waals surface area contributed by atoms with Crippen molar-refractivity contribution >= 4 is 0 Å². The van der Waals surface area contributed by atoms with Crippen molar-refractivity contribution in [3.05, 3.63) is 0 Å². The fraction of sp³-hybridized carbons (Fsp3) is 1.00. The number of rotatable bonds is 2. The maximum Gasteiger partial charge on any atom is 0.0242 e. The van der Waals surface area contributed by atoms with Crippen LogP contribution < -0.4 is 0 Å². The van der Waals surface area contributed by atoms with E-state index in [0.717, 1.165) is 18.1 Å². The Hall–Kier alpha value is -0.120. The highest BCUT2D eigenvalue weighted by atomic mass is 15.4. The lowest BCUT2D eigenvalue weighted by Crippen LogP contribution is -2.55. The van der Waals surface area contributed by atoms with Gasteiger partial charge >= 0.3 is 0 Å². The van der Waals surface area contributed by atoms with Crippen LogP contribution in [0.1, 0.15) is 47.0 Å². The van der Waals surface area contributed by atoms with Gasteiger partial charge in [-0.25, -0.2) is 0 Å². The van der Waals surface area contributed by atoms with Crippen LogP contribution >= 0.6 is 0 Å². The number of nitrogens with zero attached hydrogens (tertiary/aromatic N) is 3. The lowest BCUT2D eigenvalue weighted by Gasteiger charge is -2.45. The molecule has 0 N–H and O–H groups in total. The van der Waals surface area contributed by atoms with Crippen LogP contribution in [0.4, 0.5) is 0 Å². The molecule has 0 aromatic rings. The normalized spacial score (nSPS) is 35.4. The second-order valence-electron chi connectivity index (χ2n) is 7.72. The molecule has 0 aliphatic carbocycles. The minimum Gasteiger partial charge on any atom is -0.298 e. The summed E-state index contributed by atoms with van der Waals surface area (Å²) in [6.07, 6.45) is 4.20. The van der Waals surface area contributed by atoms with Crippen molar-refractivity contribution in [3.8, 4) is 0 Å². The highest BCUT2D eigenvalue weighted by Crippen LogP contribution is 2.35. The molecule has 3 saturated heterocycles. The number of likely N-dealkylation sites (N-methyl/N-ethyl adjacent to an activating group) is 1. The van der Waals surface area contributed by atoms with Gasteiger partial charge < -0.3 is 0 Å². The van der Waals surface area contributed by atoms with Gasteiger partial charge in [-0.2, -0.15) is 0 Å². The summed E-state index contributed by atoms with van der Waals surface area (Å²) < 4.78 is 0. The van der Waals surface area contributed by atoms with E-state index in [1.165, 1.54) is 52.0 Å². The van der Waals surface area contributed by atoms with Crippen LogP contribution in [0.2, 0.25) is 0 Å². The summed E-state index contributed by atoms with van der Waals surface area (Å²) in [7, 11) is 0. The molecule has 0 unspecified atom stereocenters. The SMILES string of the molecule is CCN1C[C@H]2C[C@@H]1CN2C1CCN(C(C)(C)C)CC1. The minimum absolute atomic E-state index is 0.355. The van der Waals surface area contributed by atoms with Crippen LogP contribution in [0.5, 0.6) is 0 Å². The summed E-state index contributed by atoms with van der Waals surface area (Å²) in [5, 5.41) is 0. The zero-order valence-electron chi connectivity index (χ0n) is 13.2. The van der Waals surface area contributed by atoms with E-state index in [2.05, 4.69) is 42.4 Å². The molecule has 0 aromatic heterocycles. The molecule has 0 saturated carbocycles. The Bertz CT molecular complexity index is 314. The molecule has 3 aliphatic rings. The van der Waals surface area contributed by atoms with Crippen LogP contribution in [-0.2, 0) is 0 Å². The van der Waals surface area contributed by atoms with Gasteiger partial charge in [0, 0.05) is 49.8 Å². The summed E-state index contributed by atoms with van der Waals surface area (Å²) in [5.41, 5.74) is 0.355. The van der Waals surface area contributed by atoms with Crippen LogP contribution in [0.15, 0.2) is 0 Å². The van der Waals surface area contributed by atoms with Crippen molar-refractivity contribution in [1.29, 1.82) is 0 Å². The van der Waals surface area contributed by atoms with Gasteiger partial charge in [0.25, 0.3) is 0 Å². The standard InChI is InChI=1S/C16H31N3/c1-5-17-11-15-10-14(17)12-19(15)13-6-8-18(9-7-13)16(2,3)4/h13-15H,5-12H2,1-4H3/t14-,15-/m1/s1. The third kappa shape index (κ3) is 2.57. The molecule has 3 aliphatic heterocycles. The average Bonchev–Trinajstić information content (AvgIpc) is 2.97. The molecule has 3 heterocycles. The fourth-order valence-electron chi connectivity index (χ4n) is 4.48. The van der Waals surface area contributed by atoms with Crippen molar-refractivity contribution in [2.75, 3.05) is 32.7 Å². The first-order valence-electron chi connectivity index (χ1n) is 8.24. The molecule has 19 heavy (non-hydrogen) atoms. The first-order valence-corrected chi connectivity index (χ1v) is 8.24. The van der Waals surface area contributed by atoms with Crippen molar-refractivity contribution in [1.82, 2.24) is 14.7 Å². The summed E-state index contributed by atoms with van der Waals surface area (Å²) >= 11 is 0. The number of hydrogen-bond donors (Lipinski definition) is 0. The van der Waals surface area contributed by atoms with Crippen LogP contribution in [0, 0.1) is 0 Å². The number of piperazine rings is 1. The molecule has 3 fully saturated rings. The molecule has 3 rings (SSSR count). The lowest BCUT2D eigenvalue weighted by atomic mass is 9.96. The maximum atomic E-state index is 2.86. The third-order valence-corrected chi connectivity index (χ3v) is 5.68. The molecule has 0 spiro atoms. The van der Waals surface area contributed by atoms with E-state index in [1.807, 2.05) is 0 Å². The zero-order chi connectivity index (χ0) is 13.6. The van der Waals surface area contributed by atoms with E-state index in [-0.39, 0.29) is 0 Å². The van der Waals surface area contributed by atoms with E-state index in [0.29, 0.717) is 5.54 Å². The summed E-state index contributed by atoms with van der Waals surface area (Å²) in [6.45, 7) is 15.9. The third-order valence-electron chi connectivity index (χ3n) is 5.68. The van der Waals surface area contributed by atoms with Gasteiger partial charge in [0.1, 0.15) is 0 Å². The molecular formula is C16H31N3. The second kappa shape index (κ2) is 5.01.